The van der Waals surface area contributed by atoms with Crippen molar-refractivity contribution in [1.82, 2.24) is 35.0 Å². The summed E-state index contributed by atoms with van der Waals surface area (Å²) in [7, 11) is 0. The number of halogens is 3. The van der Waals surface area contributed by atoms with Gasteiger partial charge in [0.05, 0.1) is 29.5 Å². The third kappa shape index (κ3) is 5.84. The number of carboxylic acids is 1. The van der Waals surface area contributed by atoms with Crippen molar-refractivity contribution in [2.75, 3.05) is 6.54 Å². The van der Waals surface area contributed by atoms with Crippen molar-refractivity contribution in [3.05, 3.63) is 47.7 Å². The van der Waals surface area contributed by atoms with E-state index in [2.05, 4.69) is 20.8 Å². The van der Waals surface area contributed by atoms with E-state index in [1.165, 1.54) is 10.6 Å². The average molecular weight is 590 g/mol. The van der Waals surface area contributed by atoms with Crippen molar-refractivity contribution in [2.45, 2.75) is 77.1 Å². The summed E-state index contributed by atoms with van der Waals surface area (Å²) in [5.41, 5.74) is -0.758. The SMILES string of the molecule is CCn1nccc1C(=O)N[C@H](c1cn2nc(CC3(C(=O)O)CC(C(F)(F)F)CNC3=O)ccc2n1)C1CCCCCC1. The molecule has 1 saturated heterocycles. The number of carboxylic acid groups (broad SMARTS) is 1. The van der Waals surface area contributed by atoms with Crippen LogP contribution in [0.1, 0.15) is 79.8 Å². The molecule has 2 aliphatic rings. The molecule has 3 atom stereocenters. The molecule has 1 saturated carbocycles. The molecular formula is C28H34F3N7O4. The van der Waals surface area contributed by atoms with E-state index in [4.69, 9.17) is 4.98 Å². The van der Waals surface area contributed by atoms with Crippen LogP contribution in [0.2, 0.25) is 0 Å². The van der Waals surface area contributed by atoms with E-state index in [0.29, 0.717) is 23.6 Å². The number of imidazole rings is 1. The molecule has 3 aromatic rings. The van der Waals surface area contributed by atoms with E-state index in [1.807, 2.05) is 6.92 Å². The molecule has 14 heteroatoms. The van der Waals surface area contributed by atoms with Gasteiger partial charge in [-0.2, -0.15) is 23.4 Å². The maximum atomic E-state index is 13.5. The first-order valence-corrected chi connectivity index (χ1v) is 14.3. The van der Waals surface area contributed by atoms with Gasteiger partial charge in [0.2, 0.25) is 5.91 Å². The molecule has 11 nitrogen and oxygen atoms in total. The monoisotopic (exact) mass is 589 g/mol. The molecule has 2 unspecified atom stereocenters. The zero-order valence-corrected chi connectivity index (χ0v) is 23.2. The number of nitrogens with one attached hydrogen (secondary N) is 2. The summed E-state index contributed by atoms with van der Waals surface area (Å²) in [6.45, 7) is 1.76. The Morgan fingerprint density at radius 2 is 1.93 bits per heavy atom. The van der Waals surface area contributed by atoms with Gasteiger partial charge in [-0.1, -0.05) is 25.7 Å². The van der Waals surface area contributed by atoms with Crippen LogP contribution in [-0.4, -0.2) is 60.0 Å². The van der Waals surface area contributed by atoms with Gasteiger partial charge < -0.3 is 15.7 Å². The fourth-order valence-electron chi connectivity index (χ4n) is 6.18. The summed E-state index contributed by atoms with van der Waals surface area (Å²) in [5, 5.41) is 23.9. The molecule has 1 aliphatic carbocycles. The van der Waals surface area contributed by atoms with Gasteiger partial charge in [-0.05, 0) is 50.3 Å². The number of aryl methyl sites for hydroxylation is 1. The van der Waals surface area contributed by atoms with Crippen LogP contribution in [0.15, 0.2) is 30.6 Å². The number of fused-ring (bicyclic) bond motifs is 1. The maximum Gasteiger partial charge on any atom is 0.393 e. The lowest BCUT2D eigenvalue weighted by Gasteiger charge is -2.37. The third-order valence-electron chi connectivity index (χ3n) is 8.51. The molecule has 5 rings (SSSR count). The lowest BCUT2D eigenvalue weighted by Crippen LogP contribution is -2.57. The van der Waals surface area contributed by atoms with Crippen molar-refractivity contribution in [3.8, 4) is 0 Å². The van der Waals surface area contributed by atoms with Crippen LogP contribution in [0, 0.1) is 17.3 Å². The first-order chi connectivity index (χ1) is 20.0. The Balaban J connectivity index is 1.46. The molecule has 2 amide bonds. The Morgan fingerprint density at radius 3 is 2.60 bits per heavy atom. The molecule has 3 aromatic heterocycles. The number of aromatic nitrogens is 5. The van der Waals surface area contributed by atoms with Gasteiger partial charge in [0, 0.05) is 25.7 Å². The zero-order valence-electron chi connectivity index (χ0n) is 23.2. The summed E-state index contributed by atoms with van der Waals surface area (Å²) >= 11 is 0. The molecule has 0 bridgehead atoms. The fraction of sp³-hybridized carbons (Fsp3) is 0.571. The van der Waals surface area contributed by atoms with Crippen molar-refractivity contribution >= 4 is 23.4 Å². The largest absolute Gasteiger partial charge is 0.480 e. The van der Waals surface area contributed by atoms with Gasteiger partial charge in [-0.3, -0.25) is 19.1 Å². The number of aliphatic carboxylic acids is 1. The molecular weight excluding hydrogens is 555 g/mol. The van der Waals surface area contributed by atoms with Crippen molar-refractivity contribution in [2.24, 2.45) is 17.3 Å². The van der Waals surface area contributed by atoms with Crippen LogP contribution in [0.3, 0.4) is 0 Å². The maximum absolute atomic E-state index is 13.5. The van der Waals surface area contributed by atoms with Crippen LogP contribution < -0.4 is 10.6 Å². The number of alkyl halides is 3. The molecule has 42 heavy (non-hydrogen) atoms. The highest BCUT2D eigenvalue weighted by molar-refractivity contribution is 6.02. The van der Waals surface area contributed by atoms with Gasteiger partial charge >= 0.3 is 12.1 Å². The van der Waals surface area contributed by atoms with Crippen molar-refractivity contribution < 1.29 is 32.7 Å². The van der Waals surface area contributed by atoms with Crippen molar-refractivity contribution in [1.29, 1.82) is 0 Å². The predicted molar refractivity (Wildman–Crippen MR) is 143 cm³/mol. The standard InChI is InChI=1S/C28H34F3N7O4/c1-2-37-21(11-12-33-37)24(39)35-23(17-7-5-3-4-6-8-17)20-16-38-22(34-20)10-9-19(36-38)14-27(26(41)42)13-18(28(29,30)31)15-32-25(27)40/h9-12,16-18,23H,2-8,13-15H2,1H3,(H,32,40)(H,35,39)(H,41,42)/t18?,23-,27?/m0/s1. The van der Waals surface area contributed by atoms with Gasteiger partial charge in [0.15, 0.2) is 11.1 Å². The van der Waals surface area contributed by atoms with Crippen LogP contribution >= 0.6 is 0 Å². The number of amides is 2. The number of carbonyl (C=O) groups excluding carboxylic acids is 2. The second-order valence-electron chi connectivity index (χ2n) is 11.2. The summed E-state index contributed by atoms with van der Waals surface area (Å²) in [5.74, 6) is -4.74. The number of hydrogen-bond donors (Lipinski definition) is 3. The van der Waals surface area contributed by atoms with Crippen LogP contribution in [0.5, 0.6) is 0 Å². The van der Waals surface area contributed by atoms with Gasteiger partial charge in [0.1, 0.15) is 5.69 Å². The quantitative estimate of drug-likeness (QED) is 0.269. The van der Waals surface area contributed by atoms with E-state index in [0.717, 1.165) is 38.5 Å². The van der Waals surface area contributed by atoms with E-state index in [1.54, 1.807) is 29.2 Å². The topological polar surface area (TPSA) is 144 Å². The summed E-state index contributed by atoms with van der Waals surface area (Å²) in [6, 6.07) is 4.29. The lowest BCUT2D eigenvalue weighted by molar-refractivity contribution is -0.194. The second kappa shape index (κ2) is 11.7. The summed E-state index contributed by atoms with van der Waals surface area (Å²) in [6.07, 6.45) is 3.26. The molecule has 0 spiro atoms. The van der Waals surface area contributed by atoms with Gasteiger partial charge in [0.25, 0.3) is 5.91 Å². The molecule has 2 fully saturated rings. The Labute approximate surface area is 239 Å². The Bertz CT molecular complexity index is 1460. The Kier molecular flexibility index (Phi) is 8.24. The lowest BCUT2D eigenvalue weighted by atomic mass is 9.72. The third-order valence-corrected chi connectivity index (χ3v) is 8.51. The molecule has 4 heterocycles. The highest BCUT2D eigenvalue weighted by atomic mass is 19.4. The predicted octanol–water partition coefficient (Wildman–Crippen LogP) is 3.70. The highest BCUT2D eigenvalue weighted by Crippen LogP contribution is 2.41. The summed E-state index contributed by atoms with van der Waals surface area (Å²) in [4.78, 5) is 43.0. The average Bonchev–Trinajstić information content (AvgIpc) is 3.51. The first-order valence-electron chi connectivity index (χ1n) is 14.3. The smallest absolute Gasteiger partial charge is 0.393 e. The normalized spacial score (nSPS) is 22.9. The number of carbonyl (C=O) groups is 3. The number of rotatable bonds is 8. The minimum atomic E-state index is -4.66. The van der Waals surface area contributed by atoms with E-state index in [9.17, 15) is 32.7 Å². The van der Waals surface area contributed by atoms with E-state index >= 15 is 0 Å². The number of nitrogens with zero attached hydrogens (tertiary/aromatic N) is 5. The van der Waals surface area contributed by atoms with Gasteiger partial charge in [-0.15, -0.1) is 0 Å². The second-order valence-corrected chi connectivity index (χ2v) is 11.2. The van der Waals surface area contributed by atoms with E-state index < -0.39 is 54.8 Å². The Morgan fingerprint density at radius 1 is 1.19 bits per heavy atom. The number of piperidine rings is 1. The van der Waals surface area contributed by atoms with Crippen LogP contribution in [-0.2, 0) is 22.6 Å². The van der Waals surface area contributed by atoms with E-state index in [-0.39, 0.29) is 17.5 Å². The van der Waals surface area contributed by atoms with Crippen molar-refractivity contribution in [3.63, 3.8) is 0 Å². The number of hydrogen-bond acceptors (Lipinski definition) is 6. The van der Waals surface area contributed by atoms with Gasteiger partial charge in [-0.25, -0.2) is 9.50 Å². The summed E-state index contributed by atoms with van der Waals surface area (Å²) < 4.78 is 43.5. The van der Waals surface area contributed by atoms with Crippen LogP contribution in [0.25, 0.3) is 5.65 Å². The highest BCUT2D eigenvalue weighted by Gasteiger charge is 2.56. The minimum Gasteiger partial charge on any atom is -0.480 e. The molecule has 0 radical (unpaired) electrons. The fourth-order valence-corrected chi connectivity index (χ4v) is 6.18. The molecule has 226 valence electrons. The molecule has 0 aromatic carbocycles. The minimum absolute atomic E-state index is 0.124. The molecule has 3 N–H and O–H groups in total. The Hall–Kier alpha value is -3.97. The molecule has 1 aliphatic heterocycles. The van der Waals surface area contributed by atoms with Crippen LogP contribution in [0.4, 0.5) is 13.2 Å². The zero-order chi connectivity index (χ0) is 30.1. The first kappa shape index (κ1) is 29.5.